The SMILES string of the molecule is CCC(=O)N(Cc1ccc(F)cc1)[C@@H](C)C(=O)NCCO. The maximum Gasteiger partial charge on any atom is 0.242 e. The van der Waals surface area contributed by atoms with Crippen molar-refractivity contribution in [1.29, 1.82) is 0 Å². The Labute approximate surface area is 123 Å². The fourth-order valence-corrected chi connectivity index (χ4v) is 1.90. The van der Waals surface area contributed by atoms with Gasteiger partial charge >= 0.3 is 0 Å². The van der Waals surface area contributed by atoms with Crippen LogP contribution in [0.4, 0.5) is 4.39 Å². The number of benzene rings is 1. The fourth-order valence-electron chi connectivity index (χ4n) is 1.90. The van der Waals surface area contributed by atoms with Gasteiger partial charge in [-0.1, -0.05) is 19.1 Å². The lowest BCUT2D eigenvalue weighted by Crippen LogP contribution is -2.47. The molecular weight excluding hydrogens is 275 g/mol. The molecule has 0 heterocycles. The minimum Gasteiger partial charge on any atom is -0.395 e. The zero-order chi connectivity index (χ0) is 15.8. The van der Waals surface area contributed by atoms with Gasteiger partial charge in [-0.05, 0) is 24.6 Å². The van der Waals surface area contributed by atoms with Crippen molar-refractivity contribution < 1.29 is 19.1 Å². The van der Waals surface area contributed by atoms with Gasteiger partial charge in [-0.3, -0.25) is 9.59 Å². The summed E-state index contributed by atoms with van der Waals surface area (Å²) in [7, 11) is 0. The average Bonchev–Trinajstić information content (AvgIpc) is 2.50. The van der Waals surface area contributed by atoms with Crippen molar-refractivity contribution >= 4 is 11.8 Å². The normalized spacial score (nSPS) is 11.8. The second-order valence-electron chi connectivity index (χ2n) is 4.69. The lowest BCUT2D eigenvalue weighted by atomic mass is 10.1. The Kier molecular flexibility index (Phi) is 6.81. The van der Waals surface area contributed by atoms with Crippen molar-refractivity contribution in [2.24, 2.45) is 0 Å². The lowest BCUT2D eigenvalue weighted by molar-refractivity contribution is -0.140. The Hall–Kier alpha value is -1.95. The number of carbonyl (C=O) groups excluding carboxylic acids is 2. The monoisotopic (exact) mass is 296 g/mol. The molecule has 1 atom stereocenters. The summed E-state index contributed by atoms with van der Waals surface area (Å²) in [6.45, 7) is 3.58. The minimum absolute atomic E-state index is 0.147. The summed E-state index contributed by atoms with van der Waals surface area (Å²) in [5, 5.41) is 11.3. The van der Waals surface area contributed by atoms with Crippen LogP contribution in [0.5, 0.6) is 0 Å². The van der Waals surface area contributed by atoms with Crippen molar-refractivity contribution in [2.75, 3.05) is 13.2 Å². The van der Waals surface area contributed by atoms with Crippen molar-refractivity contribution in [2.45, 2.75) is 32.9 Å². The van der Waals surface area contributed by atoms with Crippen LogP contribution in [-0.4, -0.2) is 41.0 Å². The summed E-state index contributed by atoms with van der Waals surface area (Å²) >= 11 is 0. The molecule has 0 saturated heterocycles. The first-order valence-electron chi connectivity index (χ1n) is 6.92. The van der Waals surface area contributed by atoms with Gasteiger partial charge in [0.25, 0.3) is 0 Å². The number of aliphatic hydroxyl groups is 1. The summed E-state index contributed by atoms with van der Waals surface area (Å²) in [6, 6.07) is 5.16. The van der Waals surface area contributed by atoms with E-state index in [9.17, 15) is 14.0 Å². The number of hydrogen-bond donors (Lipinski definition) is 2. The number of amides is 2. The molecule has 0 radical (unpaired) electrons. The Bertz CT molecular complexity index is 476. The van der Waals surface area contributed by atoms with E-state index in [-0.39, 0.29) is 43.7 Å². The molecule has 0 unspecified atom stereocenters. The maximum absolute atomic E-state index is 12.9. The van der Waals surface area contributed by atoms with E-state index in [1.54, 1.807) is 26.0 Å². The Balaban J connectivity index is 2.82. The molecule has 0 aliphatic heterocycles. The van der Waals surface area contributed by atoms with Crippen molar-refractivity contribution in [3.05, 3.63) is 35.6 Å². The summed E-state index contributed by atoms with van der Waals surface area (Å²) in [6.07, 6.45) is 0.277. The molecule has 21 heavy (non-hydrogen) atoms. The molecule has 1 rings (SSSR count). The summed E-state index contributed by atoms with van der Waals surface area (Å²) in [4.78, 5) is 25.4. The van der Waals surface area contributed by atoms with E-state index < -0.39 is 6.04 Å². The van der Waals surface area contributed by atoms with Gasteiger partial charge in [-0.2, -0.15) is 0 Å². The van der Waals surface area contributed by atoms with Gasteiger partial charge < -0.3 is 15.3 Å². The maximum atomic E-state index is 12.9. The molecule has 0 saturated carbocycles. The molecule has 0 spiro atoms. The van der Waals surface area contributed by atoms with E-state index >= 15 is 0 Å². The first-order chi connectivity index (χ1) is 9.99. The van der Waals surface area contributed by atoms with Crippen LogP contribution in [0.3, 0.4) is 0 Å². The molecule has 1 aromatic carbocycles. The van der Waals surface area contributed by atoms with Crippen LogP contribution >= 0.6 is 0 Å². The summed E-state index contributed by atoms with van der Waals surface area (Å²) in [5.74, 6) is -0.834. The van der Waals surface area contributed by atoms with Gasteiger partial charge in [0.2, 0.25) is 11.8 Å². The zero-order valence-electron chi connectivity index (χ0n) is 12.3. The van der Waals surface area contributed by atoms with Gasteiger partial charge in [0, 0.05) is 19.5 Å². The standard InChI is InChI=1S/C15H21FN2O3/c1-3-14(20)18(11(2)15(21)17-8-9-19)10-12-4-6-13(16)7-5-12/h4-7,11,19H,3,8-10H2,1-2H3,(H,17,21)/t11-/m0/s1. The third-order valence-corrected chi connectivity index (χ3v) is 3.15. The molecule has 0 fully saturated rings. The molecule has 0 bridgehead atoms. The van der Waals surface area contributed by atoms with Gasteiger partial charge in [0.05, 0.1) is 6.61 Å². The number of carbonyl (C=O) groups is 2. The molecule has 6 heteroatoms. The molecule has 0 aliphatic rings. The Morgan fingerprint density at radius 2 is 1.95 bits per heavy atom. The predicted molar refractivity (Wildman–Crippen MR) is 76.8 cm³/mol. The van der Waals surface area contributed by atoms with E-state index in [1.165, 1.54) is 17.0 Å². The highest BCUT2D eigenvalue weighted by atomic mass is 19.1. The molecular formula is C15H21FN2O3. The number of aliphatic hydroxyl groups excluding tert-OH is 1. The van der Waals surface area contributed by atoms with E-state index in [0.717, 1.165) is 5.56 Å². The first-order valence-corrected chi connectivity index (χ1v) is 6.92. The summed E-state index contributed by atoms with van der Waals surface area (Å²) in [5.41, 5.74) is 0.750. The second kappa shape index (κ2) is 8.36. The molecule has 116 valence electrons. The zero-order valence-corrected chi connectivity index (χ0v) is 12.3. The number of hydrogen-bond acceptors (Lipinski definition) is 3. The average molecular weight is 296 g/mol. The van der Waals surface area contributed by atoms with Crippen LogP contribution in [0, 0.1) is 5.82 Å². The lowest BCUT2D eigenvalue weighted by Gasteiger charge is -2.28. The molecule has 0 aliphatic carbocycles. The van der Waals surface area contributed by atoms with Crippen LogP contribution in [-0.2, 0) is 16.1 Å². The Morgan fingerprint density at radius 1 is 1.33 bits per heavy atom. The molecule has 0 aromatic heterocycles. The summed E-state index contributed by atoms with van der Waals surface area (Å²) < 4.78 is 12.9. The Morgan fingerprint density at radius 3 is 2.48 bits per heavy atom. The smallest absolute Gasteiger partial charge is 0.242 e. The van der Waals surface area contributed by atoms with Crippen LogP contribution in [0.15, 0.2) is 24.3 Å². The number of rotatable bonds is 7. The molecule has 1 aromatic rings. The van der Waals surface area contributed by atoms with Crippen LogP contribution in [0.2, 0.25) is 0 Å². The van der Waals surface area contributed by atoms with Gasteiger partial charge in [-0.25, -0.2) is 4.39 Å². The van der Waals surface area contributed by atoms with E-state index in [2.05, 4.69) is 5.32 Å². The van der Waals surface area contributed by atoms with Crippen molar-refractivity contribution in [3.8, 4) is 0 Å². The van der Waals surface area contributed by atoms with E-state index in [0.29, 0.717) is 0 Å². The van der Waals surface area contributed by atoms with E-state index in [1.807, 2.05) is 0 Å². The molecule has 5 nitrogen and oxygen atoms in total. The largest absolute Gasteiger partial charge is 0.395 e. The minimum atomic E-state index is -0.658. The van der Waals surface area contributed by atoms with Crippen molar-refractivity contribution in [1.82, 2.24) is 10.2 Å². The van der Waals surface area contributed by atoms with Crippen LogP contribution in [0.1, 0.15) is 25.8 Å². The number of nitrogens with one attached hydrogen (secondary N) is 1. The third kappa shape index (κ3) is 5.15. The van der Waals surface area contributed by atoms with E-state index in [4.69, 9.17) is 5.11 Å². The fraction of sp³-hybridized carbons (Fsp3) is 0.467. The molecule has 2 amide bonds. The van der Waals surface area contributed by atoms with Crippen molar-refractivity contribution in [3.63, 3.8) is 0 Å². The number of nitrogens with zero attached hydrogens (tertiary/aromatic N) is 1. The predicted octanol–water partition coefficient (Wildman–Crippen LogP) is 1.06. The highest BCUT2D eigenvalue weighted by molar-refractivity contribution is 5.87. The molecule has 2 N–H and O–H groups in total. The highest BCUT2D eigenvalue weighted by Crippen LogP contribution is 2.11. The van der Waals surface area contributed by atoms with Crippen LogP contribution in [0.25, 0.3) is 0 Å². The second-order valence-corrected chi connectivity index (χ2v) is 4.69. The first kappa shape index (κ1) is 17.1. The quantitative estimate of drug-likeness (QED) is 0.790. The van der Waals surface area contributed by atoms with Gasteiger partial charge in [-0.15, -0.1) is 0 Å². The van der Waals surface area contributed by atoms with Crippen LogP contribution < -0.4 is 5.32 Å². The van der Waals surface area contributed by atoms with Gasteiger partial charge in [0.1, 0.15) is 11.9 Å². The third-order valence-electron chi connectivity index (χ3n) is 3.15. The topological polar surface area (TPSA) is 69.6 Å². The van der Waals surface area contributed by atoms with Gasteiger partial charge in [0.15, 0.2) is 0 Å². The highest BCUT2D eigenvalue weighted by Gasteiger charge is 2.24. The number of halogens is 1.